The molecular weight excluding hydrogens is 226 g/mol. The number of hydrogen-bond acceptors (Lipinski definition) is 2. The highest BCUT2D eigenvalue weighted by Crippen LogP contribution is 2.22. The number of carbonyl (C=O) groups excluding carboxylic acids is 1. The highest BCUT2D eigenvalue weighted by molar-refractivity contribution is 5.77. The van der Waals surface area contributed by atoms with Crippen LogP contribution in [0.15, 0.2) is 0 Å². The SMILES string of the molecule is CCCC1CCCN(C(=O)COC(C)(C)C)CC1. The van der Waals surface area contributed by atoms with Gasteiger partial charge >= 0.3 is 0 Å². The van der Waals surface area contributed by atoms with Crippen molar-refractivity contribution in [1.29, 1.82) is 0 Å². The third kappa shape index (κ3) is 5.85. The van der Waals surface area contributed by atoms with Crippen molar-refractivity contribution in [3.63, 3.8) is 0 Å². The number of amides is 1. The Morgan fingerprint density at radius 3 is 2.61 bits per heavy atom. The molecule has 3 heteroatoms. The molecule has 1 heterocycles. The standard InChI is InChI=1S/C15H29NO2/c1-5-7-13-8-6-10-16(11-9-13)14(17)12-18-15(2,3)4/h13H,5-12H2,1-4H3. The van der Waals surface area contributed by atoms with Gasteiger partial charge in [-0.3, -0.25) is 4.79 Å². The first kappa shape index (κ1) is 15.5. The van der Waals surface area contributed by atoms with Crippen LogP contribution in [0.25, 0.3) is 0 Å². The number of hydrogen-bond donors (Lipinski definition) is 0. The second-order valence-electron chi connectivity index (χ2n) is 6.37. The number of carbonyl (C=O) groups is 1. The normalized spacial score (nSPS) is 21.8. The molecule has 1 aliphatic rings. The fourth-order valence-corrected chi connectivity index (χ4v) is 2.48. The van der Waals surface area contributed by atoms with E-state index in [1.807, 2.05) is 25.7 Å². The van der Waals surface area contributed by atoms with E-state index in [0.29, 0.717) is 0 Å². The Bertz CT molecular complexity index is 258. The molecule has 0 aromatic carbocycles. The van der Waals surface area contributed by atoms with Gasteiger partial charge in [0.15, 0.2) is 0 Å². The largest absolute Gasteiger partial charge is 0.366 e. The van der Waals surface area contributed by atoms with Gasteiger partial charge in [-0.1, -0.05) is 19.8 Å². The zero-order chi connectivity index (χ0) is 13.6. The molecule has 0 saturated carbocycles. The van der Waals surface area contributed by atoms with Crippen LogP contribution >= 0.6 is 0 Å². The first-order valence-electron chi connectivity index (χ1n) is 7.34. The topological polar surface area (TPSA) is 29.5 Å². The molecule has 18 heavy (non-hydrogen) atoms. The minimum atomic E-state index is -0.230. The Kier molecular flexibility index (Phi) is 6.13. The minimum absolute atomic E-state index is 0.155. The molecule has 1 aliphatic heterocycles. The van der Waals surface area contributed by atoms with Gasteiger partial charge in [0, 0.05) is 13.1 Å². The van der Waals surface area contributed by atoms with Crippen LogP contribution in [0, 0.1) is 5.92 Å². The molecule has 0 aromatic rings. The molecule has 106 valence electrons. The summed E-state index contributed by atoms with van der Waals surface area (Å²) in [6, 6.07) is 0. The van der Waals surface area contributed by atoms with E-state index in [2.05, 4.69) is 6.92 Å². The zero-order valence-electron chi connectivity index (χ0n) is 12.5. The molecule has 0 spiro atoms. The summed E-state index contributed by atoms with van der Waals surface area (Å²) in [6.07, 6.45) is 6.14. The van der Waals surface area contributed by atoms with Gasteiger partial charge in [-0.15, -0.1) is 0 Å². The average molecular weight is 255 g/mol. The van der Waals surface area contributed by atoms with Crippen molar-refractivity contribution in [1.82, 2.24) is 4.90 Å². The van der Waals surface area contributed by atoms with E-state index in [1.54, 1.807) is 0 Å². The third-order valence-electron chi connectivity index (χ3n) is 3.53. The Balaban J connectivity index is 2.35. The molecule has 0 radical (unpaired) electrons. The molecule has 1 rings (SSSR count). The lowest BCUT2D eigenvalue weighted by Crippen LogP contribution is -2.37. The summed E-state index contributed by atoms with van der Waals surface area (Å²) in [4.78, 5) is 14.1. The summed E-state index contributed by atoms with van der Waals surface area (Å²) in [6.45, 7) is 10.2. The van der Waals surface area contributed by atoms with Crippen molar-refractivity contribution in [2.75, 3.05) is 19.7 Å². The molecule has 0 bridgehead atoms. The molecule has 1 fully saturated rings. The summed E-state index contributed by atoms with van der Waals surface area (Å²) in [5.74, 6) is 0.971. The Hall–Kier alpha value is -0.570. The third-order valence-corrected chi connectivity index (χ3v) is 3.53. The number of rotatable bonds is 4. The molecule has 1 unspecified atom stereocenters. The number of ether oxygens (including phenoxy) is 1. The van der Waals surface area contributed by atoms with E-state index in [4.69, 9.17) is 4.74 Å². The summed E-state index contributed by atoms with van der Waals surface area (Å²) < 4.78 is 5.57. The van der Waals surface area contributed by atoms with E-state index in [-0.39, 0.29) is 18.1 Å². The highest BCUT2D eigenvalue weighted by atomic mass is 16.5. The summed E-state index contributed by atoms with van der Waals surface area (Å²) in [5, 5.41) is 0. The monoisotopic (exact) mass is 255 g/mol. The fourth-order valence-electron chi connectivity index (χ4n) is 2.48. The van der Waals surface area contributed by atoms with Gasteiger partial charge in [0.1, 0.15) is 6.61 Å². The van der Waals surface area contributed by atoms with Crippen molar-refractivity contribution >= 4 is 5.91 Å². The zero-order valence-corrected chi connectivity index (χ0v) is 12.5. The van der Waals surface area contributed by atoms with Crippen LogP contribution in [0.3, 0.4) is 0 Å². The smallest absolute Gasteiger partial charge is 0.248 e. The summed E-state index contributed by atoms with van der Waals surface area (Å²) >= 11 is 0. The Labute approximate surface area is 112 Å². The first-order chi connectivity index (χ1) is 8.42. The molecule has 1 atom stereocenters. The maximum atomic E-state index is 12.1. The van der Waals surface area contributed by atoms with Gasteiger partial charge in [0.25, 0.3) is 0 Å². The predicted molar refractivity (Wildman–Crippen MR) is 74.5 cm³/mol. The van der Waals surface area contributed by atoms with E-state index < -0.39 is 0 Å². The van der Waals surface area contributed by atoms with Gasteiger partial charge in [0.05, 0.1) is 5.60 Å². The molecule has 0 N–H and O–H groups in total. The molecule has 3 nitrogen and oxygen atoms in total. The van der Waals surface area contributed by atoms with E-state index in [0.717, 1.165) is 31.8 Å². The van der Waals surface area contributed by atoms with Gasteiger partial charge in [-0.05, 0) is 46.0 Å². The highest BCUT2D eigenvalue weighted by Gasteiger charge is 2.21. The molecule has 1 amide bonds. The molecule has 0 aromatic heterocycles. The van der Waals surface area contributed by atoms with Crippen LogP contribution in [-0.4, -0.2) is 36.1 Å². The van der Waals surface area contributed by atoms with Crippen molar-refractivity contribution in [3.05, 3.63) is 0 Å². The van der Waals surface area contributed by atoms with Crippen molar-refractivity contribution < 1.29 is 9.53 Å². The van der Waals surface area contributed by atoms with E-state index in [9.17, 15) is 4.79 Å². The maximum Gasteiger partial charge on any atom is 0.248 e. The quantitative estimate of drug-likeness (QED) is 0.772. The van der Waals surface area contributed by atoms with Gasteiger partial charge in [-0.25, -0.2) is 0 Å². The fraction of sp³-hybridized carbons (Fsp3) is 0.933. The van der Waals surface area contributed by atoms with Crippen LogP contribution < -0.4 is 0 Å². The van der Waals surface area contributed by atoms with Crippen molar-refractivity contribution in [3.8, 4) is 0 Å². The van der Waals surface area contributed by atoms with Crippen molar-refractivity contribution in [2.45, 2.75) is 65.4 Å². The van der Waals surface area contributed by atoms with E-state index in [1.165, 1.54) is 19.3 Å². The Morgan fingerprint density at radius 2 is 2.00 bits per heavy atom. The van der Waals surface area contributed by atoms with Gasteiger partial charge in [0.2, 0.25) is 5.91 Å². The lowest BCUT2D eigenvalue weighted by Gasteiger charge is -2.24. The second-order valence-corrected chi connectivity index (χ2v) is 6.37. The lowest BCUT2D eigenvalue weighted by molar-refractivity contribution is -0.141. The van der Waals surface area contributed by atoms with Gasteiger partial charge < -0.3 is 9.64 Å². The maximum absolute atomic E-state index is 12.1. The van der Waals surface area contributed by atoms with Crippen molar-refractivity contribution in [2.24, 2.45) is 5.92 Å². The molecular formula is C15H29NO2. The average Bonchev–Trinajstić information content (AvgIpc) is 2.51. The van der Waals surface area contributed by atoms with E-state index >= 15 is 0 Å². The first-order valence-corrected chi connectivity index (χ1v) is 7.34. The van der Waals surface area contributed by atoms with Crippen LogP contribution in [0.4, 0.5) is 0 Å². The number of likely N-dealkylation sites (tertiary alicyclic amines) is 1. The lowest BCUT2D eigenvalue weighted by atomic mass is 9.96. The van der Waals surface area contributed by atoms with Crippen LogP contribution in [0.5, 0.6) is 0 Å². The van der Waals surface area contributed by atoms with Crippen LogP contribution in [0.1, 0.15) is 59.8 Å². The predicted octanol–water partition coefficient (Wildman–Crippen LogP) is 3.23. The second kappa shape index (κ2) is 7.13. The Morgan fingerprint density at radius 1 is 1.28 bits per heavy atom. The summed E-state index contributed by atoms with van der Waals surface area (Å²) in [5.41, 5.74) is -0.230. The number of nitrogens with zero attached hydrogens (tertiary/aromatic N) is 1. The summed E-state index contributed by atoms with van der Waals surface area (Å²) in [7, 11) is 0. The minimum Gasteiger partial charge on any atom is -0.366 e. The molecule has 1 saturated heterocycles. The van der Waals surface area contributed by atoms with Crippen LogP contribution in [-0.2, 0) is 9.53 Å². The molecule has 0 aliphatic carbocycles. The van der Waals surface area contributed by atoms with Crippen LogP contribution in [0.2, 0.25) is 0 Å². The van der Waals surface area contributed by atoms with Gasteiger partial charge in [-0.2, -0.15) is 0 Å².